The largest absolute Gasteiger partial charge is 0.497 e. The summed E-state index contributed by atoms with van der Waals surface area (Å²) in [6.45, 7) is 0. The van der Waals surface area contributed by atoms with Crippen molar-refractivity contribution in [1.82, 2.24) is 0 Å². The molecule has 60 heavy (non-hydrogen) atoms. The van der Waals surface area contributed by atoms with E-state index in [0.29, 0.717) is 6.42 Å². The van der Waals surface area contributed by atoms with Gasteiger partial charge in [0.05, 0.1) is 39.4 Å². The third-order valence-corrected chi connectivity index (χ3v) is 12.2. The monoisotopic (exact) mass is 788 g/mol. The van der Waals surface area contributed by atoms with Crippen LogP contribution in [0.2, 0.25) is 0 Å². The van der Waals surface area contributed by atoms with Gasteiger partial charge in [-0.15, -0.1) is 0 Å². The Kier molecular flexibility index (Phi) is 9.09. The molecule has 296 valence electrons. The van der Waals surface area contributed by atoms with E-state index >= 15 is 0 Å². The van der Waals surface area contributed by atoms with Gasteiger partial charge in [-0.1, -0.05) is 66.7 Å². The first-order chi connectivity index (χ1) is 29.5. The highest BCUT2D eigenvalue weighted by Gasteiger charge is 2.55. The lowest BCUT2D eigenvalue weighted by molar-refractivity contribution is 0.413. The number of methoxy groups -OCH3 is 4. The van der Waals surface area contributed by atoms with Crippen LogP contribution in [-0.2, 0) is 11.0 Å². The van der Waals surface area contributed by atoms with Gasteiger partial charge in [-0.3, -0.25) is 0 Å². The Morgan fingerprint density at radius 2 is 1.00 bits per heavy atom. The van der Waals surface area contributed by atoms with E-state index in [2.05, 4.69) is 138 Å². The third-order valence-electron chi connectivity index (χ3n) is 12.2. The molecule has 3 aliphatic rings. The SMILES string of the molecule is COc1ccc(NC2(c3ccc(OC)cc3)C=CC3=C(C2)C2(c4ccccc4Oc4ccccc42)c2cc(N(c4ccc(OC)cc4)c4ccc(OC)cc4)ccc23)cc1. The second kappa shape index (κ2) is 14.8. The van der Waals surface area contributed by atoms with Crippen LogP contribution in [0.25, 0.3) is 5.57 Å². The number of allylic oxidation sites excluding steroid dienone is 2. The van der Waals surface area contributed by atoms with Crippen molar-refractivity contribution < 1.29 is 23.7 Å². The molecule has 7 aromatic rings. The first-order valence-electron chi connectivity index (χ1n) is 20.1. The Morgan fingerprint density at radius 3 is 1.53 bits per heavy atom. The summed E-state index contributed by atoms with van der Waals surface area (Å²) in [5.41, 5.74) is 10.9. The lowest BCUT2D eigenvalue weighted by Crippen LogP contribution is -2.41. The van der Waals surface area contributed by atoms with Gasteiger partial charge in [-0.2, -0.15) is 0 Å². The number of hydrogen-bond donors (Lipinski definition) is 1. The van der Waals surface area contributed by atoms with Crippen LogP contribution in [0.4, 0.5) is 22.7 Å². The molecule has 1 spiro atoms. The second-order valence-electron chi connectivity index (χ2n) is 15.3. The summed E-state index contributed by atoms with van der Waals surface area (Å²) >= 11 is 0. The van der Waals surface area contributed by atoms with Crippen molar-refractivity contribution in [2.24, 2.45) is 0 Å². The molecule has 7 heteroatoms. The zero-order chi connectivity index (χ0) is 40.8. The highest BCUT2D eigenvalue weighted by Crippen LogP contribution is 2.65. The average Bonchev–Trinajstić information content (AvgIpc) is 3.58. The van der Waals surface area contributed by atoms with E-state index in [4.69, 9.17) is 23.7 Å². The maximum atomic E-state index is 6.78. The number of anilines is 4. The van der Waals surface area contributed by atoms with Gasteiger partial charge < -0.3 is 33.9 Å². The van der Waals surface area contributed by atoms with Gasteiger partial charge in [-0.25, -0.2) is 0 Å². The van der Waals surface area contributed by atoms with E-state index in [1.165, 1.54) is 22.3 Å². The fraction of sp³-hybridized carbons (Fsp3) is 0.132. The second-order valence-corrected chi connectivity index (χ2v) is 15.3. The number of nitrogens with one attached hydrogen (secondary N) is 1. The molecule has 0 fully saturated rings. The molecular formula is C53H44N2O5. The number of ether oxygens (including phenoxy) is 5. The van der Waals surface area contributed by atoms with Gasteiger partial charge in [0, 0.05) is 40.3 Å². The summed E-state index contributed by atoms with van der Waals surface area (Å²) in [6.07, 6.45) is 5.33. The van der Waals surface area contributed by atoms with Crippen molar-refractivity contribution in [3.63, 3.8) is 0 Å². The molecule has 0 aromatic heterocycles. The van der Waals surface area contributed by atoms with Crippen molar-refractivity contribution >= 4 is 28.3 Å². The van der Waals surface area contributed by atoms with Gasteiger partial charge in [0.1, 0.15) is 34.5 Å². The highest BCUT2D eigenvalue weighted by atomic mass is 16.5. The molecule has 0 amide bonds. The Balaban J connectivity index is 1.21. The zero-order valence-electron chi connectivity index (χ0n) is 33.9. The topological polar surface area (TPSA) is 61.4 Å². The molecule has 7 nitrogen and oxygen atoms in total. The number of benzene rings is 7. The van der Waals surface area contributed by atoms with Crippen LogP contribution in [0.5, 0.6) is 34.5 Å². The lowest BCUT2D eigenvalue weighted by atomic mass is 9.62. The summed E-state index contributed by atoms with van der Waals surface area (Å²) in [5, 5.41) is 4.02. The smallest absolute Gasteiger partial charge is 0.132 e. The Bertz CT molecular complexity index is 2680. The summed E-state index contributed by atoms with van der Waals surface area (Å²) in [6, 6.07) is 57.0. The molecule has 7 aromatic carbocycles. The van der Waals surface area contributed by atoms with Crippen LogP contribution in [0.15, 0.2) is 182 Å². The van der Waals surface area contributed by atoms with Gasteiger partial charge in [-0.05, 0) is 137 Å². The summed E-state index contributed by atoms with van der Waals surface area (Å²) < 4.78 is 29.1. The summed E-state index contributed by atoms with van der Waals surface area (Å²) in [7, 11) is 6.78. The Hall–Kier alpha value is -7.38. The molecule has 2 aliphatic carbocycles. The van der Waals surface area contributed by atoms with Crippen molar-refractivity contribution in [2.75, 3.05) is 38.7 Å². The molecule has 1 N–H and O–H groups in total. The fourth-order valence-corrected chi connectivity index (χ4v) is 9.42. The first-order valence-corrected chi connectivity index (χ1v) is 20.1. The van der Waals surface area contributed by atoms with Crippen LogP contribution >= 0.6 is 0 Å². The van der Waals surface area contributed by atoms with Gasteiger partial charge in [0.2, 0.25) is 0 Å². The van der Waals surface area contributed by atoms with E-state index in [1.807, 2.05) is 48.5 Å². The van der Waals surface area contributed by atoms with Crippen molar-refractivity contribution in [2.45, 2.75) is 17.4 Å². The van der Waals surface area contributed by atoms with Crippen LogP contribution in [0.3, 0.4) is 0 Å². The molecule has 0 radical (unpaired) electrons. The number of nitrogens with zero attached hydrogens (tertiary/aromatic N) is 1. The lowest BCUT2D eigenvalue weighted by Gasteiger charge is -2.45. The van der Waals surface area contributed by atoms with E-state index in [0.717, 1.165) is 73.9 Å². The maximum Gasteiger partial charge on any atom is 0.132 e. The van der Waals surface area contributed by atoms with E-state index in [9.17, 15) is 0 Å². The van der Waals surface area contributed by atoms with Crippen LogP contribution in [0, 0.1) is 0 Å². The van der Waals surface area contributed by atoms with E-state index in [-0.39, 0.29) is 0 Å². The van der Waals surface area contributed by atoms with Crippen LogP contribution < -0.4 is 33.9 Å². The minimum absolute atomic E-state index is 0.641. The molecule has 1 aliphatic heterocycles. The standard InChI is InChI=1S/C53H44N2O5/c1-56-40-22-13-35(14-23-40)52(54-36-15-24-41(57-2)25-16-36)32-31-45-44-30-21-39(55(37-17-26-42(58-3)27-18-37)38-19-28-43(59-4)29-20-38)33-48(44)53(49(45)34-52)46-9-5-7-11-50(46)60-51-12-8-6-10-47(51)53/h5-33,54H,34H2,1-4H3. The molecule has 1 unspecified atom stereocenters. The highest BCUT2D eigenvalue weighted by molar-refractivity contribution is 5.95. The number of fused-ring (bicyclic) bond motifs is 8. The first kappa shape index (κ1) is 36.9. The fourth-order valence-electron chi connectivity index (χ4n) is 9.42. The van der Waals surface area contributed by atoms with Gasteiger partial charge in [0.15, 0.2) is 0 Å². The van der Waals surface area contributed by atoms with Gasteiger partial charge in [0.25, 0.3) is 0 Å². The summed E-state index contributed by atoms with van der Waals surface area (Å²) in [5.74, 6) is 4.89. The molecule has 1 heterocycles. The average molecular weight is 789 g/mol. The van der Waals surface area contributed by atoms with Crippen molar-refractivity contribution in [3.8, 4) is 34.5 Å². The predicted octanol–water partition coefficient (Wildman–Crippen LogP) is 12.4. The molecular weight excluding hydrogens is 745 g/mol. The van der Waals surface area contributed by atoms with Gasteiger partial charge >= 0.3 is 0 Å². The normalized spacial score (nSPS) is 16.5. The molecule has 10 rings (SSSR count). The Labute approximate surface area is 350 Å². The van der Waals surface area contributed by atoms with Crippen molar-refractivity contribution in [3.05, 3.63) is 209 Å². The van der Waals surface area contributed by atoms with E-state index in [1.54, 1.807) is 28.4 Å². The number of hydrogen-bond acceptors (Lipinski definition) is 7. The van der Waals surface area contributed by atoms with Crippen LogP contribution in [-0.4, -0.2) is 28.4 Å². The molecule has 0 bridgehead atoms. The molecule has 0 saturated carbocycles. The maximum absolute atomic E-state index is 6.78. The molecule has 1 atom stereocenters. The van der Waals surface area contributed by atoms with Crippen molar-refractivity contribution in [1.29, 1.82) is 0 Å². The Morgan fingerprint density at radius 1 is 0.517 bits per heavy atom. The van der Waals surface area contributed by atoms with Crippen LogP contribution in [0.1, 0.15) is 34.2 Å². The minimum atomic E-state index is -0.707. The zero-order valence-corrected chi connectivity index (χ0v) is 33.9. The quantitative estimate of drug-likeness (QED) is 0.148. The summed E-state index contributed by atoms with van der Waals surface area (Å²) in [4.78, 5) is 2.30. The number of rotatable bonds is 10. The third kappa shape index (κ3) is 5.88. The minimum Gasteiger partial charge on any atom is -0.497 e. The van der Waals surface area contributed by atoms with E-state index < -0.39 is 11.0 Å². The predicted molar refractivity (Wildman–Crippen MR) is 239 cm³/mol. The number of para-hydroxylation sites is 2. The molecule has 0 saturated heterocycles.